The molecule has 0 unspecified atom stereocenters. The number of aliphatic hydroxyl groups is 1. The Kier molecular flexibility index (Phi) is 6.20. The highest BCUT2D eigenvalue weighted by Crippen LogP contribution is 2.11. The Morgan fingerprint density at radius 1 is 1.14 bits per heavy atom. The minimum atomic E-state index is -0.0584. The number of unbranched alkanes of at least 4 members (excludes halogenated alkanes) is 1. The molecule has 84 valence electrons. The van der Waals surface area contributed by atoms with E-state index in [0.29, 0.717) is 0 Å². The van der Waals surface area contributed by atoms with Gasteiger partial charge in [0.2, 0.25) is 0 Å². The van der Waals surface area contributed by atoms with E-state index >= 15 is 0 Å². The minimum absolute atomic E-state index is 0.0584. The van der Waals surface area contributed by atoms with Gasteiger partial charge in [0.15, 0.2) is 0 Å². The predicted octanol–water partition coefficient (Wildman–Crippen LogP) is 2.41. The van der Waals surface area contributed by atoms with Crippen molar-refractivity contribution in [3.63, 3.8) is 0 Å². The van der Waals surface area contributed by atoms with Crippen molar-refractivity contribution in [3.8, 4) is 0 Å². The van der Waals surface area contributed by atoms with Crippen LogP contribution in [0.2, 0.25) is 0 Å². The molecule has 1 rings (SSSR count). The van der Waals surface area contributed by atoms with Crippen molar-refractivity contribution in [1.82, 2.24) is 4.90 Å². The van der Waals surface area contributed by atoms with Crippen LogP contribution < -0.4 is 0 Å². The number of rotatable bonds is 6. The molecule has 2 heteroatoms. The number of hydrogen-bond acceptors (Lipinski definition) is 2. The third-order valence-corrected chi connectivity index (χ3v) is 3.12. The first-order chi connectivity index (χ1) is 6.83. The van der Waals surface area contributed by atoms with E-state index in [1.807, 2.05) is 0 Å². The maximum absolute atomic E-state index is 9.68. The van der Waals surface area contributed by atoms with E-state index in [9.17, 15) is 5.11 Å². The lowest BCUT2D eigenvalue weighted by molar-refractivity contribution is 0.123. The fourth-order valence-electron chi connectivity index (χ4n) is 2.10. The van der Waals surface area contributed by atoms with Crippen LogP contribution in [0.15, 0.2) is 0 Å². The van der Waals surface area contributed by atoms with Gasteiger partial charge in [-0.25, -0.2) is 0 Å². The van der Waals surface area contributed by atoms with Crippen LogP contribution in [0.1, 0.15) is 51.9 Å². The maximum Gasteiger partial charge on any atom is 0.0552 e. The highest BCUT2D eigenvalue weighted by molar-refractivity contribution is 4.66. The molecule has 1 fully saturated rings. The summed E-state index contributed by atoms with van der Waals surface area (Å²) in [4.78, 5) is 2.50. The van der Waals surface area contributed by atoms with Gasteiger partial charge in [0.25, 0.3) is 0 Å². The zero-order chi connectivity index (χ0) is 10.2. The van der Waals surface area contributed by atoms with Crippen molar-refractivity contribution in [1.29, 1.82) is 0 Å². The van der Waals surface area contributed by atoms with Crippen LogP contribution in [0.3, 0.4) is 0 Å². The smallest absolute Gasteiger partial charge is 0.0552 e. The molecule has 14 heavy (non-hydrogen) atoms. The maximum atomic E-state index is 9.68. The first-order valence-electron chi connectivity index (χ1n) is 6.23. The van der Waals surface area contributed by atoms with E-state index in [1.54, 1.807) is 0 Å². The molecule has 0 aromatic carbocycles. The third kappa shape index (κ3) is 4.97. The first kappa shape index (κ1) is 12.0. The summed E-state index contributed by atoms with van der Waals surface area (Å²) in [6.45, 7) is 5.78. The van der Waals surface area contributed by atoms with Gasteiger partial charge >= 0.3 is 0 Å². The lowest BCUT2D eigenvalue weighted by Gasteiger charge is -2.27. The van der Waals surface area contributed by atoms with Crippen molar-refractivity contribution in [2.24, 2.45) is 0 Å². The normalized spacial score (nSPS) is 21.0. The van der Waals surface area contributed by atoms with Crippen molar-refractivity contribution >= 4 is 0 Å². The molecule has 1 heterocycles. The standard InChI is InChI=1S/C12H25NO/c1-2-3-7-12(14)8-11-13-9-5-4-6-10-13/h12,14H,2-11H2,1H3/t12-/m1/s1. The van der Waals surface area contributed by atoms with E-state index in [4.69, 9.17) is 0 Å². The molecule has 1 aliphatic rings. The van der Waals surface area contributed by atoms with Crippen molar-refractivity contribution in [3.05, 3.63) is 0 Å². The summed E-state index contributed by atoms with van der Waals surface area (Å²) in [7, 11) is 0. The van der Waals surface area contributed by atoms with Crippen molar-refractivity contribution < 1.29 is 5.11 Å². The molecule has 1 atom stereocenters. The Labute approximate surface area is 88.3 Å². The fraction of sp³-hybridized carbons (Fsp3) is 1.00. The lowest BCUT2D eigenvalue weighted by Crippen LogP contribution is -2.32. The van der Waals surface area contributed by atoms with Crippen LogP contribution in [0.5, 0.6) is 0 Å². The van der Waals surface area contributed by atoms with Gasteiger partial charge in [0.1, 0.15) is 0 Å². The van der Waals surface area contributed by atoms with E-state index in [1.165, 1.54) is 45.2 Å². The van der Waals surface area contributed by atoms with Crippen LogP contribution in [0.25, 0.3) is 0 Å². The Bertz CT molecular complexity index is 132. The number of piperidine rings is 1. The van der Waals surface area contributed by atoms with Crippen molar-refractivity contribution in [2.75, 3.05) is 19.6 Å². The summed E-state index contributed by atoms with van der Waals surface area (Å²) in [6, 6.07) is 0. The molecule has 0 amide bonds. The van der Waals surface area contributed by atoms with Crippen molar-refractivity contribution in [2.45, 2.75) is 58.0 Å². The molecule has 1 N–H and O–H groups in total. The predicted molar refractivity (Wildman–Crippen MR) is 60.4 cm³/mol. The molecule has 0 spiro atoms. The Morgan fingerprint density at radius 3 is 2.50 bits per heavy atom. The van der Waals surface area contributed by atoms with E-state index < -0.39 is 0 Å². The van der Waals surface area contributed by atoms with Gasteiger partial charge in [-0.3, -0.25) is 0 Å². The van der Waals surface area contributed by atoms with Crippen LogP contribution in [0, 0.1) is 0 Å². The van der Waals surface area contributed by atoms with Gasteiger partial charge in [-0.15, -0.1) is 0 Å². The third-order valence-electron chi connectivity index (χ3n) is 3.12. The monoisotopic (exact) mass is 199 g/mol. The van der Waals surface area contributed by atoms with Gasteiger partial charge < -0.3 is 10.0 Å². The zero-order valence-electron chi connectivity index (χ0n) is 9.54. The molecule has 0 aliphatic carbocycles. The molecule has 0 bridgehead atoms. The van der Waals surface area contributed by atoms with E-state index in [-0.39, 0.29) is 6.10 Å². The van der Waals surface area contributed by atoms with E-state index in [2.05, 4.69) is 11.8 Å². The average Bonchev–Trinajstić information content (AvgIpc) is 2.25. The fourth-order valence-corrected chi connectivity index (χ4v) is 2.10. The van der Waals surface area contributed by atoms with Crippen LogP contribution in [-0.4, -0.2) is 35.7 Å². The Morgan fingerprint density at radius 2 is 1.86 bits per heavy atom. The molecule has 1 aliphatic heterocycles. The summed E-state index contributed by atoms with van der Waals surface area (Å²) >= 11 is 0. The van der Waals surface area contributed by atoms with Gasteiger partial charge in [-0.2, -0.15) is 0 Å². The first-order valence-corrected chi connectivity index (χ1v) is 6.23. The summed E-state index contributed by atoms with van der Waals surface area (Å²) < 4.78 is 0. The van der Waals surface area contributed by atoms with E-state index in [0.717, 1.165) is 19.4 Å². The molecule has 0 radical (unpaired) electrons. The summed E-state index contributed by atoms with van der Waals surface area (Å²) in [6.07, 6.45) is 8.37. The topological polar surface area (TPSA) is 23.5 Å². The lowest BCUT2D eigenvalue weighted by atomic mass is 10.1. The largest absolute Gasteiger partial charge is 0.393 e. The molecule has 1 saturated heterocycles. The Hall–Kier alpha value is -0.0800. The van der Waals surface area contributed by atoms with Crippen LogP contribution in [-0.2, 0) is 0 Å². The second kappa shape index (κ2) is 7.24. The SMILES string of the molecule is CCCC[C@@H](O)CCN1CCCCC1. The molecule has 0 saturated carbocycles. The number of hydrogen-bond donors (Lipinski definition) is 1. The second-order valence-electron chi connectivity index (χ2n) is 4.49. The highest BCUT2D eigenvalue weighted by atomic mass is 16.3. The quantitative estimate of drug-likeness (QED) is 0.710. The molecule has 0 aromatic rings. The highest BCUT2D eigenvalue weighted by Gasteiger charge is 2.11. The second-order valence-corrected chi connectivity index (χ2v) is 4.49. The minimum Gasteiger partial charge on any atom is -0.393 e. The molecular weight excluding hydrogens is 174 g/mol. The number of aliphatic hydroxyl groups excluding tert-OH is 1. The number of nitrogens with zero attached hydrogens (tertiary/aromatic N) is 1. The Balaban J connectivity index is 2.00. The zero-order valence-corrected chi connectivity index (χ0v) is 9.54. The van der Waals surface area contributed by atoms with Crippen LogP contribution >= 0.6 is 0 Å². The summed E-state index contributed by atoms with van der Waals surface area (Å²) in [5.74, 6) is 0. The van der Waals surface area contributed by atoms with Gasteiger partial charge in [0, 0.05) is 6.54 Å². The average molecular weight is 199 g/mol. The molecular formula is C12H25NO. The molecule has 0 aromatic heterocycles. The summed E-state index contributed by atoms with van der Waals surface area (Å²) in [5.41, 5.74) is 0. The van der Waals surface area contributed by atoms with Gasteiger partial charge in [-0.05, 0) is 38.8 Å². The van der Waals surface area contributed by atoms with Gasteiger partial charge in [0.05, 0.1) is 6.10 Å². The van der Waals surface area contributed by atoms with Gasteiger partial charge in [-0.1, -0.05) is 26.2 Å². The van der Waals surface area contributed by atoms with Crippen LogP contribution in [0.4, 0.5) is 0 Å². The number of likely N-dealkylation sites (tertiary alicyclic amines) is 1. The summed E-state index contributed by atoms with van der Waals surface area (Å²) in [5, 5.41) is 9.68. The molecule has 2 nitrogen and oxygen atoms in total.